The van der Waals surface area contributed by atoms with Crippen LogP contribution in [0.2, 0.25) is 0 Å². The molecule has 0 unspecified atom stereocenters. The molecule has 5 aliphatic rings. The van der Waals surface area contributed by atoms with E-state index < -0.39 is 67.4 Å². The molecular formula is C12H11N3O7. The lowest BCUT2D eigenvalue weighted by Gasteiger charge is -2.46. The highest BCUT2D eigenvalue weighted by molar-refractivity contribution is 5.90. The first kappa shape index (κ1) is 12.4. The van der Waals surface area contributed by atoms with E-state index in [4.69, 9.17) is 0 Å². The molecule has 5 rings (SSSR count). The number of carbonyl (C=O) groups excluding carboxylic acids is 1. The van der Waals surface area contributed by atoms with Gasteiger partial charge in [0.05, 0.1) is 21.7 Å². The Morgan fingerprint density at radius 2 is 1.55 bits per heavy atom. The van der Waals surface area contributed by atoms with Gasteiger partial charge in [-0.1, -0.05) is 0 Å². The summed E-state index contributed by atoms with van der Waals surface area (Å²) in [5.74, 6) is -5.11. The van der Waals surface area contributed by atoms with Gasteiger partial charge in [-0.25, -0.2) is 0 Å². The van der Waals surface area contributed by atoms with Gasteiger partial charge in [0.1, 0.15) is 17.6 Å². The topological polar surface area (TPSA) is 146 Å². The number of Topliss-reactive ketones (excluding diaryl/α,β-unsaturated/α-hetero) is 1. The minimum atomic E-state index is -2.34. The van der Waals surface area contributed by atoms with E-state index in [9.17, 15) is 35.1 Å². The molecule has 0 aliphatic heterocycles. The molecular weight excluding hydrogens is 298 g/mol. The lowest BCUT2D eigenvalue weighted by molar-refractivity contribution is -0.813. The van der Waals surface area contributed by atoms with Crippen molar-refractivity contribution in [3.8, 4) is 0 Å². The van der Waals surface area contributed by atoms with Crippen molar-refractivity contribution in [2.24, 2.45) is 41.4 Å². The molecule has 5 saturated carbocycles. The molecule has 0 saturated heterocycles. The summed E-state index contributed by atoms with van der Waals surface area (Å²) in [6, 6.07) is 0. The minimum absolute atomic E-state index is 0.0647. The molecule has 0 heterocycles. The van der Waals surface area contributed by atoms with Crippen LogP contribution < -0.4 is 0 Å². The second-order valence-corrected chi connectivity index (χ2v) is 7.32. The van der Waals surface area contributed by atoms with Crippen molar-refractivity contribution in [3.05, 3.63) is 30.3 Å². The van der Waals surface area contributed by atoms with Crippen LogP contribution in [0.3, 0.4) is 0 Å². The average Bonchev–Trinajstić information content (AvgIpc) is 2.96. The van der Waals surface area contributed by atoms with Crippen molar-refractivity contribution in [2.45, 2.75) is 24.0 Å². The lowest BCUT2D eigenvalue weighted by Crippen LogP contribution is -2.64. The summed E-state index contributed by atoms with van der Waals surface area (Å²) in [6.07, 6.45) is -0.0122. The van der Waals surface area contributed by atoms with Crippen LogP contribution in [0.4, 0.5) is 0 Å². The molecule has 116 valence electrons. The summed E-state index contributed by atoms with van der Waals surface area (Å²) in [4.78, 5) is 45.4. The molecule has 0 N–H and O–H groups in total. The molecule has 0 aromatic rings. The normalized spacial score (nSPS) is 54.4. The average molecular weight is 309 g/mol. The summed E-state index contributed by atoms with van der Waals surface area (Å²) >= 11 is 0. The van der Waals surface area contributed by atoms with Crippen LogP contribution in [0.25, 0.3) is 0 Å². The first-order chi connectivity index (χ1) is 10.3. The molecule has 10 nitrogen and oxygen atoms in total. The van der Waals surface area contributed by atoms with E-state index in [2.05, 4.69) is 0 Å². The summed E-state index contributed by atoms with van der Waals surface area (Å²) < 4.78 is 0. The SMILES string of the molecule is O=C1[C@H]2C[C@H]3[C@@H]4[C@H]5[C@@H]([C@H]1C[C@H]5C3([N+](=O)[O-])[N+](=O)[O-])[C@@]42[N+](=O)[O-]. The molecule has 0 spiro atoms. The summed E-state index contributed by atoms with van der Waals surface area (Å²) in [7, 11) is 0. The number of hydrogen-bond donors (Lipinski definition) is 0. The van der Waals surface area contributed by atoms with Crippen LogP contribution in [0, 0.1) is 71.8 Å². The van der Waals surface area contributed by atoms with Crippen molar-refractivity contribution in [1.82, 2.24) is 0 Å². The van der Waals surface area contributed by atoms with Gasteiger partial charge in [-0.15, -0.1) is 0 Å². The maximum atomic E-state index is 12.5. The van der Waals surface area contributed by atoms with Gasteiger partial charge in [0.15, 0.2) is 0 Å². The third-order valence-corrected chi connectivity index (χ3v) is 7.49. The molecule has 22 heavy (non-hydrogen) atoms. The van der Waals surface area contributed by atoms with Crippen molar-refractivity contribution in [2.75, 3.05) is 0 Å². The largest absolute Gasteiger partial charge is 0.464 e. The van der Waals surface area contributed by atoms with E-state index in [0.29, 0.717) is 0 Å². The zero-order valence-corrected chi connectivity index (χ0v) is 11.2. The highest BCUT2D eigenvalue weighted by atomic mass is 16.7. The standard InChI is InChI=1S/C12H11N3O7/c16-10-3-1-4-7-8(3)11(13(17)18)6(10)2-5(9(7)11)12(4,14(19)20)15(21)22/h3-9H,1-2H2/t3-,4-,5+,6-,7-,8-,9-,11-/m1/s1. The molecule has 8 atom stereocenters. The van der Waals surface area contributed by atoms with E-state index in [1.165, 1.54) is 0 Å². The van der Waals surface area contributed by atoms with E-state index >= 15 is 0 Å². The number of nitrogens with zero attached hydrogens (tertiary/aromatic N) is 3. The van der Waals surface area contributed by atoms with E-state index in [0.717, 1.165) is 0 Å². The first-order valence-corrected chi connectivity index (χ1v) is 7.29. The van der Waals surface area contributed by atoms with Crippen LogP contribution in [0.1, 0.15) is 12.8 Å². The molecule has 5 aliphatic carbocycles. The third-order valence-electron chi connectivity index (χ3n) is 7.49. The first-order valence-electron chi connectivity index (χ1n) is 7.29. The van der Waals surface area contributed by atoms with Gasteiger partial charge >= 0.3 is 5.66 Å². The molecule has 0 aromatic heterocycles. The monoisotopic (exact) mass is 309 g/mol. The number of ketones is 1. The molecule has 0 bridgehead atoms. The second kappa shape index (κ2) is 2.99. The van der Waals surface area contributed by atoms with E-state index in [1.54, 1.807) is 0 Å². The van der Waals surface area contributed by atoms with Crippen molar-refractivity contribution < 1.29 is 19.6 Å². The Morgan fingerprint density at radius 1 is 0.909 bits per heavy atom. The molecule has 10 heteroatoms. The number of nitro groups is 3. The van der Waals surface area contributed by atoms with Crippen molar-refractivity contribution in [1.29, 1.82) is 0 Å². The predicted molar refractivity (Wildman–Crippen MR) is 65.1 cm³/mol. The second-order valence-electron chi connectivity index (χ2n) is 7.32. The Balaban J connectivity index is 1.80. The predicted octanol–water partition coefficient (Wildman–Crippen LogP) is -0.0177. The van der Waals surface area contributed by atoms with Gasteiger partial charge in [-0.2, -0.15) is 0 Å². The van der Waals surface area contributed by atoms with Gasteiger partial charge in [-0.3, -0.25) is 35.1 Å². The number of carbonyl (C=O) groups is 1. The molecule has 0 aromatic carbocycles. The van der Waals surface area contributed by atoms with Crippen LogP contribution in [-0.2, 0) is 4.79 Å². The van der Waals surface area contributed by atoms with Crippen molar-refractivity contribution >= 4 is 5.78 Å². The smallest absolute Gasteiger partial charge is 0.299 e. The number of hydrogen-bond acceptors (Lipinski definition) is 7. The van der Waals surface area contributed by atoms with Crippen LogP contribution in [0.15, 0.2) is 0 Å². The summed E-state index contributed by atoms with van der Waals surface area (Å²) in [6.45, 7) is 0. The summed E-state index contributed by atoms with van der Waals surface area (Å²) in [5, 5.41) is 35.0. The van der Waals surface area contributed by atoms with Crippen LogP contribution in [0.5, 0.6) is 0 Å². The number of rotatable bonds is 3. The molecule has 5 fully saturated rings. The quantitative estimate of drug-likeness (QED) is 0.404. The zero-order chi connectivity index (χ0) is 15.8. The molecule has 0 radical (unpaired) electrons. The zero-order valence-electron chi connectivity index (χ0n) is 11.2. The van der Waals surface area contributed by atoms with Gasteiger partial charge in [-0.05, 0) is 18.8 Å². The fourth-order valence-corrected chi connectivity index (χ4v) is 7.30. The minimum Gasteiger partial charge on any atom is -0.299 e. The van der Waals surface area contributed by atoms with Gasteiger partial charge in [0.2, 0.25) is 5.54 Å². The van der Waals surface area contributed by atoms with Gasteiger partial charge < -0.3 is 0 Å². The Labute approximate surface area is 122 Å². The fourth-order valence-electron chi connectivity index (χ4n) is 7.30. The highest BCUT2D eigenvalue weighted by Gasteiger charge is 3.01. The Morgan fingerprint density at radius 3 is 2.09 bits per heavy atom. The fraction of sp³-hybridized carbons (Fsp3) is 0.917. The third kappa shape index (κ3) is 0.759. The Kier molecular flexibility index (Phi) is 1.69. The molecule has 0 amide bonds. The summed E-state index contributed by atoms with van der Waals surface area (Å²) in [5.41, 5.74) is -3.80. The van der Waals surface area contributed by atoms with E-state index in [-0.39, 0.29) is 18.6 Å². The van der Waals surface area contributed by atoms with Crippen LogP contribution >= 0.6 is 0 Å². The maximum Gasteiger partial charge on any atom is 0.464 e. The maximum absolute atomic E-state index is 12.5. The van der Waals surface area contributed by atoms with Crippen LogP contribution in [-0.4, -0.2) is 31.8 Å². The van der Waals surface area contributed by atoms with Gasteiger partial charge in [0.25, 0.3) is 0 Å². The highest BCUT2D eigenvalue weighted by Crippen LogP contribution is 2.83. The van der Waals surface area contributed by atoms with Gasteiger partial charge in [0, 0.05) is 16.8 Å². The van der Waals surface area contributed by atoms with Crippen molar-refractivity contribution in [3.63, 3.8) is 0 Å². The Bertz CT molecular complexity index is 693. The Hall–Kier alpha value is -2.13. The lowest BCUT2D eigenvalue weighted by atomic mass is 9.54. The van der Waals surface area contributed by atoms with E-state index in [1.807, 2.05) is 0 Å².